The first kappa shape index (κ1) is 20.6. The van der Waals surface area contributed by atoms with Crippen LogP contribution in [-0.2, 0) is 13.2 Å². The minimum atomic E-state index is 0.0646. The van der Waals surface area contributed by atoms with Gasteiger partial charge in [0.15, 0.2) is 11.5 Å². The van der Waals surface area contributed by atoms with Crippen LogP contribution in [0.2, 0.25) is 5.02 Å². The fourth-order valence-corrected chi connectivity index (χ4v) is 2.70. The summed E-state index contributed by atoms with van der Waals surface area (Å²) in [6.07, 6.45) is 1.04. The van der Waals surface area contributed by atoms with Crippen LogP contribution in [0.5, 0.6) is 11.5 Å². The SMILES string of the molecule is CCOc1cc(CNC(C)(C)CC)c(Cl)cc1OCc1ccccc1C. The Hall–Kier alpha value is -1.71. The third-order valence-electron chi connectivity index (χ3n) is 4.70. The van der Waals surface area contributed by atoms with Crippen molar-refractivity contribution in [1.29, 1.82) is 0 Å². The molecule has 0 aliphatic carbocycles. The number of benzene rings is 2. The van der Waals surface area contributed by atoms with E-state index in [2.05, 4.69) is 45.1 Å². The van der Waals surface area contributed by atoms with Crippen molar-refractivity contribution >= 4 is 11.6 Å². The molecule has 0 bridgehead atoms. The number of rotatable bonds is 9. The van der Waals surface area contributed by atoms with Gasteiger partial charge in [-0.25, -0.2) is 0 Å². The van der Waals surface area contributed by atoms with Gasteiger partial charge in [-0.2, -0.15) is 0 Å². The van der Waals surface area contributed by atoms with Crippen LogP contribution in [0.1, 0.15) is 50.8 Å². The molecule has 0 heterocycles. The van der Waals surface area contributed by atoms with Gasteiger partial charge in [-0.15, -0.1) is 0 Å². The van der Waals surface area contributed by atoms with E-state index in [1.807, 2.05) is 31.2 Å². The summed E-state index contributed by atoms with van der Waals surface area (Å²) in [5, 5.41) is 4.23. The van der Waals surface area contributed by atoms with Crippen molar-refractivity contribution in [3.05, 3.63) is 58.1 Å². The van der Waals surface area contributed by atoms with E-state index in [9.17, 15) is 0 Å². The molecule has 0 amide bonds. The second-order valence-electron chi connectivity index (χ2n) is 7.13. The maximum atomic E-state index is 6.51. The Kier molecular flexibility index (Phi) is 7.36. The molecule has 0 fully saturated rings. The summed E-state index contributed by atoms with van der Waals surface area (Å²) in [5.41, 5.74) is 3.44. The van der Waals surface area contributed by atoms with Crippen LogP contribution in [0, 0.1) is 6.92 Å². The maximum Gasteiger partial charge on any atom is 0.163 e. The first-order chi connectivity index (χ1) is 12.4. The van der Waals surface area contributed by atoms with E-state index >= 15 is 0 Å². The molecule has 0 saturated carbocycles. The van der Waals surface area contributed by atoms with E-state index in [-0.39, 0.29) is 5.54 Å². The lowest BCUT2D eigenvalue weighted by Crippen LogP contribution is -2.37. The Balaban J connectivity index is 2.18. The predicted molar refractivity (Wildman–Crippen MR) is 109 cm³/mol. The zero-order valence-electron chi connectivity index (χ0n) is 16.5. The molecule has 0 atom stereocenters. The van der Waals surface area contributed by atoms with Gasteiger partial charge < -0.3 is 14.8 Å². The molecule has 2 rings (SSSR count). The highest BCUT2D eigenvalue weighted by Gasteiger charge is 2.16. The largest absolute Gasteiger partial charge is 0.490 e. The van der Waals surface area contributed by atoms with Crippen molar-refractivity contribution in [1.82, 2.24) is 5.32 Å². The molecule has 26 heavy (non-hydrogen) atoms. The first-order valence-electron chi connectivity index (χ1n) is 9.24. The Morgan fingerprint density at radius 2 is 1.69 bits per heavy atom. The van der Waals surface area contributed by atoms with Crippen molar-refractivity contribution in [2.75, 3.05) is 6.61 Å². The quantitative estimate of drug-likeness (QED) is 0.591. The van der Waals surface area contributed by atoms with Crippen molar-refractivity contribution in [2.24, 2.45) is 0 Å². The Bertz CT molecular complexity index is 728. The average molecular weight is 376 g/mol. The zero-order chi connectivity index (χ0) is 19.2. The minimum Gasteiger partial charge on any atom is -0.490 e. The molecule has 1 N–H and O–H groups in total. The number of ether oxygens (including phenoxy) is 2. The summed E-state index contributed by atoms with van der Waals surface area (Å²) in [6.45, 7) is 12.4. The van der Waals surface area contributed by atoms with Crippen LogP contribution < -0.4 is 14.8 Å². The number of hydrogen-bond acceptors (Lipinski definition) is 3. The van der Waals surface area contributed by atoms with Gasteiger partial charge in [-0.05, 0) is 56.9 Å². The van der Waals surface area contributed by atoms with E-state index in [0.29, 0.717) is 30.5 Å². The summed E-state index contributed by atoms with van der Waals surface area (Å²) >= 11 is 6.51. The number of halogens is 1. The van der Waals surface area contributed by atoms with Crippen LogP contribution in [0.4, 0.5) is 0 Å². The zero-order valence-corrected chi connectivity index (χ0v) is 17.2. The summed E-state index contributed by atoms with van der Waals surface area (Å²) in [5.74, 6) is 1.41. The molecular weight excluding hydrogens is 346 g/mol. The normalized spacial score (nSPS) is 11.5. The second-order valence-corrected chi connectivity index (χ2v) is 7.54. The van der Waals surface area contributed by atoms with Gasteiger partial charge in [0.25, 0.3) is 0 Å². The molecule has 3 nitrogen and oxygen atoms in total. The van der Waals surface area contributed by atoms with E-state index < -0.39 is 0 Å². The van der Waals surface area contributed by atoms with Crippen LogP contribution in [0.3, 0.4) is 0 Å². The number of aryl methyl sites for hydroxylation is 1. The lowest BCUT2D eigenvalue weighted by Gasteiger charge is -2.25. The van der Waals surface area contributed by atoms with E-state index in [1.54, 1.807) is 0 Å². The highest BCUT2D eigenvalue weighted by molar-refractivity contribution is 6.31. The van der Waals surface area contributed by atoms with E-state index in [1.165, 1.54) is 5.56 Å². The van der Waals surface area contributed by atoms with Gasteiger partial charge in [0.1, 0.15) is 6.61 Å². The summed E-state index contributed by atoms with van der Waals surface area (Å²) in [4.78, 5) is 0. The van der Waals surface area contributed by atoms with Gasteiger partial charge in [-0.1, -0.05) is 42.8 Å². The topological polar surface area (TPSA) is 30.5 Å². The highest BCUT2D eigenvalue weighted by atomic mass is 35.5. The van der Waals surface area contributed by atoms with Gasteiger partial charge in [-0.3, -0.25) is 0 Å². The maximum absolute atomic E-state index is 6.51. The molecule has 2 aromatic rings. The Morgan fingerprint density at radius 3 is 2.35 bits per heavy atom. The molecule has 0 radical (unpaired) electrons. The third kappa shape index (κ3) is 5.65. The molecular formula is C22H30ClNO2. The second kappa shape index (κ2) is 9.29. The van der Waals surface area contributed by atoms with Crippen LogP contribution in [-0.4, -0.2) is 12.1 Å². The smallest absolute Gasteiger partial charge is 0.163 e. The third-order valence-corrected chi connectivity index (χ3v) is 5.05. The Labute approximate surface area is 162 Å². The summed E-state index contributed by atoms with van der Waals surface area (Å²) in [7, 11) is 0. The van der Waals surface area contributed by atoms with Gasteiger partial charge in [0, 0.05) is 23.2 Å². The molecule has 0 spiro atoms. The molecule has 0 aliphatic rings. The van der Waals surface area contributed by atoms with Gasteiger partial charge in [0.2, 0.25) is 0 Å². The summed E-state index contributed by atoms with van der Waals surface area (Å²) < 4.78 is 11.8. The predicted octanol–water partition coefficient (Wildman–Crippen LogP) is 5.90. The standard InChI is InChI=1S/C22H30ClNO2/c1-6-22(4,5)24-14-18-12-20(25-7-2)21(13-19(18)23)26-15-17-11-9-8-10-16(17)3/h8-13,24H,6-7,14-15H2,1-5H3. The number of nitrogens with one attached hydrogen (secondary N) is 1. The fraction of sp³-hybridized carbons (Fsp3) is 0.455. The number of hydrogen-bond donors (Lipinski definition) is 1. The van der Waals surface area contributed by atoms with E-state index in [0.717, 1.165) is 23.3 Å². The molecule has 2 aromatic carbocycles. The molecule has 0 unspecified atom stereocenters. The molecule has 0 aromatic heterocycles. The molecule has 0 saturated heterocycles. The van der Waals surface area contributed by atoms with Gasteiger partial charge >= 0.3 is 0 Å². The minimum absolute atomic E-state index is 0.0646. The first-order valence-corrected chi connectivity index (χ1v) is 9.61. The highest BCUT2D eigenvalue weighted by Crippen LogP contribution is 2.34. The monoisotopic (exact) mass is 375 g/mol. The lowest BCUT2D eigenvalue weighted by atomic mass is 10.0. The fourth-order valence-electron chi connectivity index (χ4n) is 2.48. The van der Waals surface area contributed by atoms with Crippen LogP contribution in [0.25, 0.3) is 0 Å². The van der Waals surface area contributed by atoms with Crippen LogP contribution in [0.15, 0.2) is 36.4 Å². The Morgan fingerprint density at radius 1 is 1.00 bits per heavy atom. The lowest BCUT2D eigenvalue weighted by molar-refractivity contribution is 0.268. The average Bonchev–Trinajstić information content (AvgIpc) is 2.62. The van der Waals surface area contributed by atoms with E-state index in [4.69, 9.17) is 21.1 Å². The van der Waals surface area contributed by atoms with Crippen molar-refractivity contribution in [3.8, 4) is 11.5 Å². The van der Waals surface area contributed by atoms with Crippen LogP contribution >= 0.6 is 11.6 Å². The van der Waals surface area contributed by atoms with Crippen molar-refractivity contribution < 1.29 is 9.47 Å². The van der Waals surface area contributed by atoms with Gasteiger partial charge in [0.05, 0.1) is 6.61 Å². The molecule has 4 heteroatoms. The van der Waals surface area contributed by atoms with Crippen molar-refractivity contribution in [3.63, 3.8) is 0 Å². The molecule has 0 aliphatic heterocycles. The summed E-state index contributed by atoms with van der Waals surface area (Å²) in [6, 6.07) is 12.0. The van der Waals surface area contributed by atoms with Crippen molar-refractivity contribution in [2.45, 2.75) is 59.7 Å². The molecule has 142 valence electrons.